The molecule has 0 aliphatic heterocycles. The topological polar surface area (TPSA) is 95.1 Å². The van der Waals surface area contributed by atoms with E-state index in [9.17, 15) is 4.79 Å². The van der Waals surface area contributed by atoms with Gasteiger partial charge in [0, 0.05) is 35.6 Å². The lowest BCUT2D eigenvalue weighted by molar-refractivity contribution is 0.0272. The maximum absolute atomic E-state index is 12.9. The van der Waals surface area contributed by atoms with E-state index in [2.05, 4.69) is 15.4 Å². The Hall–Kier alpha value is -2.90. The van der Waals surface area contributed by atoms with Crippen LogP contribution in [0.25, 0.3) is 11.1 Å². The third kappa shape index (κ3) is 4.63. The van der Waals surface area contributed by atoms with E-state index in [-0.39, 0.29) is 23.9 Å². The fraction of sp³-hybridized carbons (Fsp3) is 0.318. The van der Waals surface area contributed by atoms with Crippen molar-refractivity contribution >= 4 is 23.3 Å². The summed E-state index contributed by atoms with van der Waals surface area (Å²) in [5.41, 5.74) is 9.08. The zero-order valence-corrected chi connectivity index (χ0v) is 17.5. The van der Waals surface area contributed by atoms with Crippen LogP contribution >= 0.6 is 11.6 Å². The Bertz CT molecular complexity index is 1030. The Morgan fingerprint density at radius 3 is 2.80 bits per heavy atom. The van der Waals surface area contributed by atoms with E-state index in [1.54, 1.807) is 23.1 Å². The van der Waals surface area contributed by atoms with Gasteiger partial charge in [0.05, 0.1) is 30.5 Å². The molecule has 1 saturated carbocycles. The zero-order chi connectivity index (χ0) is 21.1. The van der Waals surface area contributed by atoms with Gasteiger partial charge in [0.25, 0.3) is 5.91 Å². The molecular weight excluding hydrogens is 402 g/mol. The summed E-state index contributed by atoms with van der Waals surface area (Å²) in [7, 11) is 1.84. The van der Waals surface area contributed by atoms with Crippen molar-refractivity contribution in [2.24, 2.45) is 7.05 Å². The summed E-state index contributed by atoms with van der Waals surface area (Å²) < 4.78 is 7.79. The number of aromatic nitrogens is 3. The van der Waals surface area contributed by atoms with Crippen molar-refractivity contribution in [2.75, 3.05) is 5.73 Å². The number of nitrogens with two attached hydrogens (primary N) is 1. The monoisotopic (exact) mass is 425 g/mol. The van der Waals surface area contributed by atoms with Crippen LogP contribution in [0.5, 0.6) is 0 Å². The van der Waals surface area contributed by atoms with Crippen molar-refractivity contribution in [3.8, 4) is 11.1 Å². The normalized spacial score (nSPS) is 18.5. The van der Waals surface area contributed by atoms with Gasteiger partial charge in [-0.3, -0.25) is 9.48 Å². The van der Waals surface area contributed by atoms with Crippen molar-refractivity contribution in [3.63, 3.8) is 0 Å². The molecular formula is C22H24ClN5O2. The molecule has 2 aromatic heterocycles. The predicted octanol–water partition coefficient (Wildman–Crippen LogP) is 3.59. The highest BCUT2D eigenvalue weighted by atomic mass is 35.5. The van der Waals surface area contributed by atoms with Crippen molar-refractivity contribution in [1.29, 1.82) is 0 Å². The van der Waals surface area contributed by atoms with Gasteiger partial charge >= 0.3 is 0 Å². The van der Waals surface area contributed by atoms with E-state index in [4.69, 9.17) is 22.1 Å². The van der Waals surface area contributed by atoms with Gasteiger partial charge in [0.1, 0.15) is 5.82 Å². The quantitative estimate of drug-likeness (QED) is 0.629. The average Bonchev–Trinajstić information content (AvgIpc) is 3.36. The Morgan fingerprint density at radius 1 is 1.27 bits per heavy atom. The van der Waals surface area contributed by atoms with Gasteiger partial charge < -0.3 is 15.8 Å². The zero-order valence-electron chi connectivity index (χ0n) is 16.7. The van der Waals surface area contributed by atoms with E-state index < -0.39 is 0 Å². The van der Waals surface area contributed by atoms with Crippen LogP contribution in [-0.4, -0.2) is 32.8 Å². The number of pyridine rings is 1. The minimum Gasteiger partial charge on any atom is -0.383 e. The van der Waals surface area contributed by atoms with Crippen molar-refractivity contribution in [3.05, 3.63) is 65.1 Å². The predicted molar refractivity (Wildman–Crippen MR) is 116 cm³/mol. The highest BCUT2D eigenvalue weighted by Crippen LogP contribution is 2.26. The summed E-state index contributed by atoms with van der Waals surface area (Å²) in [4.78, 5) is 17.1. The second-order valence-electron chi connectivity index (χ2n) is 7.55. The molecule has 1 unspecified atom stereocenters. The molecule has 1 aliphatic rings. The van der Waals surface area contributed by atoms with Gasteiger partial charge in [-0.05, 0) is 43.0 Å². The molecule has 7 nitrogen and oxygen atoms in total. The third-order valence-electron chi connectivity index (χ3n) is 5.35. The highest BCUT2D eigenvalue weighted by molar-refractivity contribution is 6.30. The number of nitrogens with zero attached hydrogens (tertiary/aromatic N) is 3. The molecule has 1 aromatic carbocycles. The fourth-order valence-electron chi connectivity index (χ4n) is 3.71. The minimum atomic E-state index is -0.238. The number of nitrogens with one attached hydrogen (secondary N) is 1. The lowest BCUT2D eigenvalue weighted by Gasteiger charge is -2.22. The molecule has 3 aromatic rings. The molecule has 156 valence electrons. The number of carbonyl (C=O) groups excluding carboxylic acids is 1. The first-order valence-corrected chi connectivity index (χ1v) is 10.3. The first-order valence-electron chi connectivity index (χ1n) is 9.91. The van der Waals surface area contributed by atoms with E-state index in [1.165, 1.54) is 0 Å². The summed E-state index contributed by atoms with van der Waals surface area (Å²) in [6.07, 6.45) is 7.98. The van der Waals surface area contributed by atoms with Gasteiger partial charge in [0.2, 0.25) is 0 Å². The van der Waals surface area contributed by atoms with Gasteiger partial charge in [0.15, 0.2) is 0 Å². The van der Waals surface area contributed by atoms with Crippen LogP contribution in [0.1, 0.15) is 35.2 Å². The van der Waals surface area contributed by atoms with Crippen LogP contribution in [-0.2, 0) is 18.4 Å². The number of rotatable bonds is 6. The summed E-state index contributed by atoms with van der Waals surface area (Å²) in [6, 6.07) is 9.28. The maximum Gasteiger partial charge on any atom is 0.255 e. The number of hydrogen-bond donors (Lipinski definition) is 2. The van der Waals surface area contributed by atoms with Crippen LogP contribution < -0.4 is 11.1 Å². The molecule has 0 spiro atoms. The Kier molecular flexibility index (Phi) is 6.01. The lowest BCUT2D eigenvalue weighted by atomic mass is 10.1. The SMILES string of the molecule is Cn1cc(-c2cnc(N)c(C(=O)NC3CCC[C@@H]3OCc3ccc(Cl)cc3)c2)cn1. The van der Waals surface area contributed by atoms with E-state index in [1.807, 2.05) is 37.5 Å². The van der Waals surface area contributed by atoms with Gasteiger partial charge in [-0.2, -0.15) is 5.10 Å². The second kappa shape index (κ2) is 8.85. The Balaban J connectivity index is 1.43. The highest BCUT2D eigenvalue weighted by Gasteiger charge is 2.30. The van der Waals surface area contributed by atoms with Crippen molar-refractivity contribution < 1.29 is 9.53 Å². The number of ether oxygens (including phenoxy) is 1. The average molecular weight is 426 g/mol. The van der Waals surface area contributed by atoms with Crippen LogP contribution in [0.2, 0.25) is 5.02 Å². The number of hydrogen-bond acceptors (Lipinski definition) is 5. The van der Waals surface area contributed by atoms with E-state index >= 15 is 0 Å². The molecule has 0 bridgehead atoms. The number of benzene rings is 1. The van der Waals surface area contributed by atoms with Crippen LogP contribution in [0.3, 0.4) is 0 Å². The Labute approximate surface area is 180 Å². The first-order chi connectivity index (χ1) is 14.5. The molecule has 0 radical (unpaired) electrons. The van der Waals surface area contributed by atoms with Crippen molar-refractivity contribution in [2.45, 2.75) is 38.0 Å². The number of aryl methyl sites for hydroxylation is 1. The van der Waals surface area contributed by atoms with Gasteiger partial charge in [-0.1, -0.05) is 23.7 Å². The van der Waals surface area contributed by atoms with Crippen LogP contribution in [0, 0.1) is 0 Å². The molecule has 8 heteroatoms. The summed E-state index contributed by atoms with van der Waals surface area (Å²) >= 11 is 5.93. The smallest absolute Gasteiger partial charge is 0.255 e. The number of nitrogen functional groups attached to an aromatic ring is 1. The minimum absolute atomic E-state index is 0.0414. The van der Waals surface area contributed by atoms with Gasteiger partial charge in [-0.15, -0.1) is 0 Å². The van der Waals surface area contributed by atoms with E-state index in [0.29, 0.717) is 17.2 Å². The third-order valence-corrected chi connectivity index (χ3v) is 5.60. The van der Waals surface area contributed by atoms with Crippen LogP contribution in [0.15, 0.2) is 48.9 Å². The number of carbonyl (C=O) groups is 1. The fourth-order valence-corrected chi connectivity index (χ4v) is 3.83. The Morgan fingerprint density at radius 2 is 2.07 bits per heavy atom. The first kappa shape index (κ1) is 20.4. The molecule has 0 saturated heterocycles. The summed E-state index contributed by atoms with van der Waals surface area (Å²) in [6.45, 7) is 0.481. The largest absolute Gasteiger partial charge is 0.383 e. The number of anilines is 1. The van der Waals surface area contributed by atoms with E-state index in [0.717, 1.165) is 36.0 Å². The number of halogens is 1. The molecule has 3 N–H and O–H groups in total. The molecule has 1 aliphatic carbocycles. The molecule has 2 heterocycles. The maximum atomic E-state index is 12.9. The standard InChI is InChI=1S/C22H24ClN5O2/c1-28-12-16(11-26-28)15-9-18(21(24)25-10-15)22(29)27-19-3-2-4-20(19)30-13-14-5-7-17(23)8-6-14/h5-12,19-20H,2-4,13H2,1H3,(H2,24,25)(H,27,29)/t19?,20-/m0/s1. The second-order valence-corrected chi connectivity index (χ2v) is 7.98. The lowest BCUT2D eigenvalue weighted by Crippen LogP contribution is -2.41. The molecule has 2 atom stereocenters. The molecule has 4 rings (SSSR count). The summed E-state index contributed by atoms with van der Waals surface area (Å²) in [5, 5.41) is 7.95. The summed E-state index contributed by atoms with van der Waals surface area (Å²) in [5.74, 6) is -0.0329. The van der Waals surface area contributed by atoms with Crippen LogP contribution in [0.4, 0.5) is 5.82 Å². The number of amides is 1. The molecule has 30 heavy (non-hydrogen) atoms. The molecule has 1 amide bonds. The van der Waals surface area contributed by atoms with Gasteiger partial charge in [-0.25, -0.2) is 4.98 Å². The van der Waals surface area contributed by atoms with Crippen molar-refractivity contribution in [1.82, 2.24) is 20.1 Å². The molecule has 1 fully saturated rings.